The Kier molecular flexibility index (Phi) is 2.61. The van der Waals surface area contributed by atoms with Gasteiger partial charge in [-0.3, -0.25) is 0 Å². The third-order valence-electron chi connectivity index (χ3n) is 3.86. The van der Waals surface area contributed by atoms with E-state index in [1.165, 1.54) is 32.4 Å². The molecule has 2 unspecified atom stereocenters. The first-order valence-corrected chi connectivity index (χ1v) is 5.66. The van der Waals surface area contributed by atoms with Crippen molar-refractivity contribution in [1.82, 2.24) is 4.90 Å². The zero-order valence-corrected chi connectivity index (χ0v) is 8.87. The van der Waals surface area contributed by atoms with Gasteiger partial charge < -0.3 is 10.6 Å². The molecule has 2 rings (SSSR count). The molecular weight excluding hydrogens is 160 g/mol. The summed E-state index contributed by atoms with van der Waals surface area (Å²) in [5, 5.41) is 0. The minimum atomic E-state index is 0.391. The summed E-state index contributed by atoms with van der Waals surface area (Å²) in [6, 6.07) is 1.29. The molecule has 2 heteroatoms. The minimum Gasteiger partial charge on any atom is -0.328 e. The summed E-state index contributed by atoms with van der Waals surface area (Å²) < 4.78 is 0. The van der Waals surface area contributed by atoms with Crippen LogP contribution in [0, 0.1) is 11.8 Å². The maximum absolute atomic E-state index is 5.92. The normalized spacial score (nSPS) is 43.2. The Hall–Kier alpha value is -0.0800. The molecule has 0 radical (unpaired) electrons. The molecule has 0 spiro atoms. The molecule has 0 amide bonds. The van der Waals surface area contributed by atoms with Gasteiger partial charge in [-0.05, 0) is 44.6 Å². The molecule has 2 N–H and O–H groups in total. The van der Waals surface area contributed by atoms with E-state index in [-0.39, 0.29) is 0 Å². The first-order chi connectivity index (χ1) is 6.16. The molecule has 1 aliphatic carbocycles. The molecule has 13 heavy (non-hydrogen) atoms. The van der Waals surface area contributed by atoms with Gasteiger partial charge in [0.25, 0.3) is 0 Å². The lowest BCUT2D eigenvalue weighted by Gasteiger charge is -2.39. The van der Waals surface area contributed by atoms with E-state index in [0.717, 1.165) is 17.9 Å². The Labute approximate surface area is 81.5 Å². The number of hydrogen-bond acceptors (Lipinski definition) is 2. The van der Waals surface area contributed by atoms with E-state index in [0.29, 0.717) is 6.04 Å². The second kappa shape index (κ2) is 3.58. The van der Waals surface area contributed by atoms with Gasteiger partial charge >= 0.3 is 0 Å². The number of hydrogen-bond donors (Lipinski definition) is 1. The Balaban J connectivity index is 1.78. The third kappa shape index (κ3) is 1.89. The van der Waals surface area contributed by atoms with Gasteiger partial charge in [-0.25, -0.2) is 0 Å². The van der Waals surface area contributed by atoms with Gasteiger partial charge in [0.2, 0.25) is 0 Å². The first kappa shape index (κ1) is 9.47. The molecule has 1 aliphatic heterocycles. The summed E-state index contributed by atoms with van der Waals surface area (Å²) in [6.07, 6.45) is 4.17. The van der Waals surface area contributed by atoms with Crippen LogP contribution in [0.3, 0.4) is 0 Å². The van der Waals surface area contributed by atoms with Crippen molar-refractivity contribution in [2.75, 3.05) is 13.1 Å². The van der Waals surface area contributed by atoms with Crippen LogP contribution < -0.4 is 5.73 Å². The third-order valence-corrected chi connectivity index (χ3v) is 3.86. The van der Waals surface area contributed by atoms with Gasteiger partial charge in [0, 0.05) is 18.6 Å². The fraction of sp³-hybridized carbons (Fsp3) is 1.00. The van der Waals surface area contributed by atoms with Crippen LogP contribution in [0.1, 0.15) is 33.1 Å². The van der Waals surface area contributed by atoms with E-state index < -0.39 is 0 Å². The lowest BCUT2D eigenvalue weighted by Crippen LogP contribution is -2.43. The summed E-state index contributed by atoms with van der Waals surface area (Å²) in [5.74, 6) is 1.73. The predicted octanol–water partition coefficient (Wildman–Crippen LogP) is 1.45. The molecule has 0 aromatic rings. The van der Waals surface area contributed by atoms with Crippen molar-refractivity contribution in [3.8, 4) is 0 Å². The molecule has 76 valence electrons. The van der Waals surface area contributed by atoms with Gasteiger partial charge in [-0.15, -0.1) is 0 Å². The number of nitrogens with two attached hydrogens (primary N) is 1. The van der Waals surface area contributed by atoms with Crippen LogP contribution in [0.25, 0.3) is 0 Å². The Morgan fingerprint density at radius 3 is 2.54 bits per heavy atom. The number of nitrogens with zero attached hydrogens (tertiary/aromatic N) is 1. The van der Waals surface area contributed by atoms with E-state index in [2.05, 4.69) is 18.7 Å². The molecule has 2 aliphatic rings. The highest BCUT2D eigenvalue weighted by molar-refractivity contribution is 4.90. The Morgan fingerprint density at radius 2 is 2.08 bits per heavy atom. The van der Waals surface area contributed by atoms with Crippen molar-refractivity contribution >= 4 is 0 Å². The van der Waals surface area contributed by atoms with E-state index >= 15 is 0 Å². The summed E-state index contributed by atoms with van der Waals surface area (Å²) >= 11 is 0. The Morgan fingerprint density at radius 1 is 1.38 bits per heavy atom. The SMILES string of the molecule is CC1CC(N2CCC(C(C)N)C2)C1. The highest BCUT2D eigenvalue weighted by Gasteiger charge is 2.35. The van der Waals surface area contributed by atoms with Crippen molar-refractivity contribution in [2.45, 2.75) is 45.2 Å². The maximum Gasteiger partial charge on any atom is 0.0100 e. The van der Waals surface area contributed by atoms with Gasteiger partial charge in [0.05, 0.1) is 0 Å². The highest BCUT2D eigenvalue weighted by Crippen LogP contribution is 2.34. The second-order valence-electron chi connectivity index (χ2n) is 5.13. The fourth-order valence-electron chi connectivity index (χ4n) is 2.73. The molecule has 2 atom stereocenters. The molecule has 0 aromatic carbocycles. The fourth-order valence-corrected chi connectivity index (χ4v) is 2.73. The molecule has 1 heterocycles. The highest BCUT2D eigenvalue weighted by atomic mass is 15.2. The van der Waals surface area contributed by atoms with Gasteiger partial charge in [-0.1, -0.05) is 6.92 Å². The van der Waals surface area contributed by atoms with Crippen LogP contribution in [-0.2, 0) is 0 Å². The predicted molar refractivity (Wildman–Crippen MR) is 55.5 cm³/mol. The average Bonchev–Trinajstić information content (AvgIpc) is 2.46. The van der Waals surface area contributed by atoms with Gasteiger partial charge in [0.1, 0.15) is 0 Å². The topological polar surface area (TPSA) is 29.3 Å². The van der Waals surface area contributed by atoms with Crippen molar-refractivity contribution in [1.29, 1.82) is 0 Å². The lowest BCUT2D eigenvalue weighted by atomic mass is 9.81. The van der Waals surface area contributed by atoms with Crippen LogP contribution in [0.5, 0.6) is 0 Å². The molecule has 1 saturated carbocycles. The van der Waals surface area contributed by atoms with Crippen LogP contribution in [-0.4, -0.2) is 30.1 Å². The zero-order valence-electron chi connectivity index (χ0n) is 8.87. The maximum atomic E-state index is 5.92. The zero-order chi connectivity index (χ0) is 9.42. The molecule has 1 saturated heterocycles. The largest absolute Gasteiger partial charge is 0.328 e. The molecule has 0 bridgehead atoms. The lowest BCUT2D eigenvalue weighted by molar-refractivity contribution is 0.105. The molecule has 2 nitrogen and oxygen atoms in total. The van der Waals surface area contributed by atoms with E-state index in [1.807, 2.05) is 0 Å². The molecule has 2 fully saturated rings. The van der Waals surface area contributed by atoms with Gasteiger partial charge in [0.15, 0.2) is 0 Å². The van der Waals surface area contributed by atoms with Crippen LogP contribution in [0.15, 0.2) is 0 Å². The first-order valence-electron chi connectivity index (χ1n) is 5.66. The van der Waals surface area contributed by atoms with Gasteiger partial charge in [-0.2, -0.15) is 0 Å². The average molecular weight is 182 g/mol. The van der Waals surface area contributed by atoms with E-state index in [4.69, 9.17) is 5.73 Å². The molecular formula is C11H22N2. The summed E-state index contributed by atoms with van der Waals surface area (Å²) in [6.45, 7) is 7.06. The van der Waals surface area contributed by atoms with E-state index in [1.54, 1.807) is 0 Å². The smallest absolute Gasteiger partial charge is 0.0100 e. The number of rotatable bonds is 2. The van der Waals surface area contributed by atoms with Crippen molar-refractivity contribution in [2.24, 2.45) is 17.6 Å². The minimum absolute atomic E-state index is 0.391. The van der Waals surface area contributed by atoms with Crippen molar-refractivity contribution < 1.29 is 0 Å². The van der Waals surface area contributed by atoms with Crippen LogP contribution in [0.4, 0.5) is 0 Å². The number of likely N-dealkylation sites (tertiary alicyclic amines) is 1. The van der Waals surface area contributed by atoms with Crippen molar-refractivity contribution in [3.63, 3.8) is 0 Å². The summed E-state index contributed by atoms with van der Waals surface area (Å²) in [5.41, 5.74) is 5.92. The quantitative estimate of drug-likeness (QED) is 0.700. The molecule has 0 aromatic heterocycles. The van der Waals surface area contributed by atoms with E-state index in [9.17, 15) is 0 Å². The monoisotopic (exact) mass is 182 g/mol. The summed E-state index contributed by atoms with van der Waals surface area (Å²) in [4.78, 5) is 2.66. The van der Waals surface area contributed by atoms with Crippen molar-refractivity contribution in [3.05, 3.63) is 0 Å². The summed E-state index contributed by atoms with van der Waals surface area (Å²) in [7, 11) is 0. The van der Waals surface area contributed by atoms with Crippen LogP contribution >= 0.6 is 0 Å². The Bertz CT molecular complexity index is 173. The second-order valence-corrected chi connectivity index (χ2v) is 5.13. The van der Waals surface area contributed by atoms with Crippen LogP contribution in [0.2, 0.25) is 0 Å². The standard InChI is InChI=1S/C11H22N2/c1-8-5-11(6-8)13-4-3-10(7-13)9(2)12/h8-11H,3-7,12H2,1-2H3.